The molecular formula is C20H24N2O5S2. The minimum atomic E-state index is -3.62. The second-order valence-electron chi connectivity index (χ2n) is 6.53. The molecule has 0 spiro atoms. The number of aryl methyl sites for hydroxylation is 2. The fourth-order valence-corrected chi connectivity index (χ4v) is 4.09. The van der Waals surface area contributed by atoms with Crippen LogP contribution >= 0.6 is 11.8 Å². The van der Waals surface area contributed by atoms with E-state index in [2.05, 4.69) is 5.32 Å². The lowest BCUT2D eigenvalue weighted by atomic mass is 10.2. The van der Waals surface area contributed by atoms with Crippen molar-refractivity contribution in [2.45, 2.75) is 23.6 Å². The molecule has 2 rings (SSSR count). The van der Waals surface area contributed by atoms with Gasteiger partial charge in [-0.15, -0.1) is 11.8 Å². The lowest BCUT2D eigenvalue weighted by molar-refractivity contribution is -0.144. The van der Waals surface area contributed by atoms with Crippen LogP contribution in [0, 0.1) is 13.8 Å². The molecular weight excluding hydrogens is 412 g/mol. The van der Waals surface area contributed by atoms with Gasteiger partial charge >= 0.3 is 5.97 Å². The summed E-state index contributed by atoms with van der Waals surface area (Å²) in [7, 11) is -0.756. The molecule has 0 aliphatic rings. The van der Waals surface area contributed by atoms with Crippen LogP contribution < -0.4 is 5.32 Å². The fraction of sp³-hybridized carbons (Fsp3) is 0.300. The van der Waals surface area contributed by atoms with Gasteiger partial charge in [0, 0.05) is 24.7 Å². The van der Waals surface area contributed by atoms with Gasteiger partial charge in [-0.05, 0) is 43.2 Å². The van der Waals surface area contributed by atoms with Crippen LogP contribution in [-0.2, 0) is 24.3 Å². The second kappa shape index (κ2) is 9.91. The van der Waals surface area contributed by atoms with Crippen LogP contribution in [0.25, 0.3) is 0 Å². The minimum absolute atomic E-state index is 0.0648. The Hall–Kier alpha value is -2.36. The molecule has 2 aromatic carbocycles. The summed E-state index contributed by atoms with van der Waals surface area (Å²) in [5, 5.41) is 2.59. The Morgan fingerprint density at radius 1 is 1.07 bits per heavy atom. The number of hydrogen-bond acceptors (Lipinski definition) is 6. The lowest BCUT2D eigenvalue weighted by Gasteiger charge is -2.14. The van der Waals surface area contributed by atoms with Gasteiger partial charge in [0.2, 0.25) is 10.0 Å². The van der Waals surface area contributed by atoms with Crippen LogP contribution in [0.1, 0.15) is 11.1 Å². The Morgan fingerprint density at radius 2 is 1.76 bits per heavy atom. The first kappa shape index (κ1) is 22.9. The number of ether oxygens (including phenoxy) is 1. The summed E-state index contributed by atoms with van der Waals surface area (Å²) in [6.45, 7) is 3.25. The number of carbonyl (C=O) groups excluding carboxylic acids is 2. The third kappa shape index (κ3) is 6.31. The molecule has 29 heavy (non-hydrogen) atoms. The summed E-state index contributed by atoms with van der Waals surface area (Å²) in [5.41, 5.74) is 2.10. The van der Waals surface area contributed by atoms with Crippen LogP contribution in [0.2, 0.25) is 0 Å². The van der Waals surface area contributed by atoms with E-state index in [1.165, 1.54) is 38.0 Å². The molecule has 0 fully saturated rings. The third-order valence-corrected chi connectivity index (χ3v) is 7.03. The number of nitrogens with zero attached hydrogens (tertiary/aromatic N) is 1. The minimum Gasteiger partial charge on any atom is -0.455 e. The van der Waals surface area contributed by atoms with Crippen molar-refractivity contribution in [3.8, 4) is 0 Å². The van der Waals surface area contributed by atoms with E-state index in [9.17, 15) is 18.0 Å². The standard InChI is InChI=1S/C20H24N2O5S2/c1-14-9-10-16(29(25,26)22(3)4)11-17(14)21-19(23)12-27-20(24)13-28-18-8-6-5-7-15(18)2/h5-11H,12-13H2,1-4H3,(H,21,23). The summed E-state index contributed by atoms with van der Waals surface area (Å²) >= 11 is 1.34. The summed E-state index contributed by atoms with van der Waals surface area (Å²) in [6.07, 6.45) is 0. The topological polar surface area (TPSA) is 92.8 Å². The van der Waals surface area contributed by atoms with Crippen LogP contribution in [-0.4, -0.2) is 51.1 Å². The van der Waals surface area contributed by atoms with Crippen molar-refractivity contribution < 1.29 is 22.7 Å². The van der Waals surface area contributed by atoms with E-state index in [4.69, 9.17) is 4.74 Å². The van der Waals surface area contributed by atoms with Crippen molar-refractivity contribution in [1.82, 2.24) is 4.31 Å². The highest BCUT2D eigenvalue weighted by atomic mass is 32.2. The van der Waals surface area contributed by atoms with Gasteiger partial charge in [0.05, 0.1) is 10.6 Å². The van der Waals surface area contributed by atoms with Gasteiger partial charge in [-0.3, -0.25) is 9.59 Å². The Kier molecular flexibility index (Phi) is 7.83. The summed E-state index contributed by atoms with van der Waals surface area (Å²) in [6, 6.07) is 12.1. The molecule has 0 heterocycles. The van der Waals surface area contributed by atoms with Crippen molar-refractivity contribution >= 4 is 39.3 Å². The molecule has 7 nitrogen and oxygen atoms in total. The predicted octanol–water partition coefficient (Wildman–Crippen LogP) is 2.83. The molecule has 0 radical (unpaired) electrons. The SMILES string of the molecule is Cc1ccc(S(=O)(=O)N(C)C)cc1NC(=O)COC(=O)CSc1ccccc1C. The maximum Gasteiger partial charge on any atom is 0.316 e. The van der Waals surface area contributed by atoms with Gasteiger partial charge in [0.15, 0.2) is 6.61 Å². The molecule has 0 saturated carbocycles. The Bertz CT molecular complexity index is 1000. The van der Waals surface area contributed by atoms with Gasteiger partial charge in [-0.1, -0.05) is 24.3 Å². The lowest BCUT2D eigenvalue weighted by Crippen LogP contribution is -2.24. The number of anilines is 1. The Labute approximate surface area is 175 Å². The molecule has 0 atom stereocenters. The summed E-state index contributed by atoms with van der Waals surface area (Å²) < 4.78 is 30.6. The molecule has 9 heteroatoms. The van der Waals surface area contributed by atoms with E-state index in [-0.39, 0.29) is 10.6 Å². The maximum atomic E-state index is 12.3. The van der Waals surface area contributed by atoms with E-state index in [0.717, 1.165) is 14.8 Å². The first-order chi connectivity index (χ1) is 13.6. The second-order valence-corrected chi connectivity index (χ2v) is 9.70. The van der Waals surface area contributed by atoms with Crippen LogP contribution in [0.15, 0.2) is 52.3 Å². The molecule has 1 N–H and O–H groups in total. The fourth-order valence-electron chi connectivity index (χ4n) is 2.34. The molecule has 0 aromatic heterocycles. The smallest absolute Gasteiger partial charge is 0.316 e. The van der Waals surface area contributed by atoms with Gasteiger partial charge in [0.1, 0.15) is 0 Å². The van der Waals surface area contributed by atoms with Gasteiger partial charge in [0.25, 0.3) is 5.91 Å². The summed E-state index contributed by atoms with van der Waals surface area (Å²) in [5.74, 6) is -0.955. The third-order valence-electron chi connectivity index (χ3n) is 4.07. The van der Waals surface area contributed by atoms with E-state index < -0.39 is 28.5 Å². The van der Waals surface area contributed by atoms with Crippen molar-refractivity contribution in [2.24, 2.45) is 0 Å². The number of esters is 1. The molecule has 0 aliphatic heterocycles. The average Bonchev–Trinajstić information content (AvgIpc) is 2.67. The zero-order valence-corrected chi connectivity index (χ0v) is 18.4. The zero-order valence-electron chi connectivity index (χ0n) is 16.8. The first-order valence-corrected chi connectivity index (χ1v) is 11.2. The van der Waals surface area contributed by atoms with E-state index in [1.54, 1.807) is 13.0 Å². The average molecular weight is 437 g/mol. The largest absolute Gasteiger partial charge is 0.455 e. The predicted molar refractivity (Wildman–Crippen MR) is 114 cm³/mol. The number of amides is 1. The number of thioether (sulfide) groups is 1. The molecule has 0 saturated heterocycles. The molecule has 0 aliphatic carbocycles. The molecule has 0 unspecified atom stereocenters. The van der Waals surface area contributed by atoms with Gasteiger partial charge in [-0.25, -0.2) is 12.7 Å². The first-order valence-electron chi connectivity index (χ1n) is 8.78. The quantitative estimate of drug-likeness (QED) is 0.505. The van der Waals surface area contributed by atoms with E-state index in [0.29, 0.717) is 11.3 Å². The number of nitrogens with one attached hydrogen (secondary N) is 1. The number of hydrogen-bond donors (Lipinski definition) is 1. The van der Waals surface area contributed by atoms with Crippen molar-refractivity contribution in [3.05, 3.63) is 53.6 Å². The van der Waals surface area contributed by atoms with Gasteiger partial charge in [-0.2, -0.15) is 0 Å². The number of carbonyl (C=O) groups is 2. The Morgan fingerprint density at radius 3 is 2.41 bits per heavy atom. The highest BCUT2D eigenvalue weighted by Gasteiger charge is 2.19. The van der Waals surface area contributed by atoms with E-state index in [1.807, 2.05) is 31.2 Å². The highest BCUT2D eigenvalue weighted by molar-refractivity contribution is 8.00. The van der Waals surface area contributed by atoms with Crippen LogP contribution in [0.5, 0.6) is 0 Å². The molecule has 156 valence electrons. The monoisotopic (exact) mass is 436 g/mol. The maximum absolute atomic E-state index is 12.3. The molecule has 0 bridgehead atoms. The van der Waals surface area contributed by atoms with Crippen molar-refractivity contribution in [1.29, 1.82) is 0 Å². The number of benzene rings is 2. The normalized spacial score (nSPS) is 11.3. The van der Waals surface area contributed by atoms with E-state index >= 15 is 0 Å². The number of sulfonamides is 1. The van der Waals surface area contributed by atoms with Crippen LogP contribution in [0.3, 0.4) is 0 Å². The van der Waals surface area contributed by atoms with Crippen molar-refractivity contribution in [2.75, 3.05) is 31.8 Å². The number of rotatable bonds is 8. The molecule has 2 aromatic rings. The highest BCUT2D eigenvalue weighted by Crippen LogP contribution is 2.23. The van der Waals surface area contributed by atoms with Gasteiger partial charge < -0.3 is 10.1 Å². The zero-order chi connectivity index (χ0) is 21.6. The summed E-state index contributed by atoms with van der Waals surface area (Å²) in [4.78, 5) is 25.1. The molecule has 1 amide bonds. The van der Waals surface area contributed by atoms with Crippen LogP contribution in [0.4, 0.5) is 5.69 Å². The van der Waals surface area contributed by atoms with Crippen molar-refractivity contribution in [3.63, 3.8) is 0 Å². The Balaban J connectivity index is 1.92.